The van der Waals surface area contributed by atoms with E-state index in [1.807, 2.05) is 37.3 Å². The molecular weight excluding hydrogens is 160 g/mol. The Bertz CT molecular complexity index is 327. The third-order valence-electron chi connectivity index (χ3n) is 1.55. The van der Waals surface area contributed by atoms with E-state index in [0.29, 0.717) is 0 Å². The molecule has 0 radical (unpaired) electrons. The molecule has 1 heterocycles. The summed E-state index contributed by atoms with van der Waals surface area (Å²) >= 11 is 0. The van der Waals surface area contributed by atoms with E-state index in [-0.39, 0.29) is 0 Å². The molecule has 0 amide bonds. The molecule has 0 bridgehead atoms. The molecule has 0 N–H and O–H groups in total. The molecule has 70 valence electrons. The van der Waals surface area contributed by atoms with Gasteiger partial charge in [-0.15, -0.1) is 0 Å². The largest absolute Gasteiger partial charge is 0.461 e. The third-order valence-corrected chi connectivity index (χ3v) is 1.55. The minimum Gasteiger partial charge on any atom is -0.461 e. The Hall–Kier alpha value is -1.24. The lowest BCUT2D eigenvalue weighted by atomic mass is 10.2. The van der Waals surface area contributed by atoms with Crippen molar-refractivity contribution in [2.24, 2.45) is 0 Å². The van der Waals surface area contributed by atoms with Crippen LogP contribution in [0, 0.1) is 6.92 Å². The second-order valence-electron chi connectivity index (χ2n) is 3.10. The highest BCUT2D eigenvalue weighted by Crippen LogP contribution is 2.17. The normalized spacial score (nSPS) is 9.46. The zero-order valence-electron chi connectivity index (χ0n) is 8.50. The molecule has 2 rings (SSSR count). The summed E-state index contributed by atoms with van der Waals surface area (Å²) in [6, 6.07) is 10.0. The highest BCUT2D eigenvalue weighted by molar-refractivity contribution is 5.77. The lowest BCUT2D eigenvalue weighted by molar-refractivity contribution is 0.578. The zero-order chi connectivity index (χ0) is 9.68. The van der Waals surface area contributed by atoms with Crippen molar-refractivity contribution in [1.82, 2.24) is 0 Å². The van der Waals surface area contributed by atoms with Crippen LogP contribution in [0.4, 0.5) is 0 Å². The molecule has 0 atom stereocenters. The summed E-state index contributed by atoms with van der Waals surface area (Å²) in [5.41, 5.74) is 0.972. The summed E-state index contributed by atoms with van der Waals surface area (Å²) in [6.07, 6.45) is 1.25. The molecule has 0 aliphatic heterocycles. The molecule has 0 spiro atoms. The highest BCUT2D eigenvalue weighted by atomic mass is 16.3. The number of hydrogen-bond donors (Lipinski definition) is 0. The average molecular weight is 176 g/mol. The van der Waals surface area contributed by atoms with Crippen LogP contribution in [0.25, 0.3) is 11.0 Å². The van der Waals surface area contributed by atoms with Gasteiger partial charge in [0, 0.05) is 5.39 Å². The van der Waals surface area contributed by atoms with Crippen molar-refractivity contribution in [3.05, 3.63) is 36.1 Å². The highest BCUT2D eigenvalue weighted by Gasteiger charge is 1.95. The molecule has 1 aromatic heterocycles. The molecule has 0 aliphatic rings. The first kappa shape index (κ1) is 9.85. The van der Waals surface area contributed by atoms with Crippen LogP contribution in [0.2, 0.25) is 0 Å². The smallest absolute Gasteiger partial charge is 0.134 e. The van der Waals surface area contributed by atoms with Crippen molar-refractivity contribution in [1.29, 1.82) is 0 Å². The Labute approximate surface area is 79.4 Å². The second-order valence-corrected chi connectivity index (χ2v) is 3.10. The lowest BCUT2D eigenvalue weighted by Crippen LogP contribution is -1.57. The first-order valence-electron chi connectivity index (χ1n) is 4.73. The minimum absolute atomic E-state index is 0.972. The van der Waals surface area contributed by atoms with E-state index in [2.05, 4.69) is 13.8 Å². The summed E-state index contributed by atoms with van der Waals surface area (Å²) in [4.78, 5) is 0. The minimum atomic E-state index is 0.972. The maximum Gasteiger partial charge on any atom is 0.134 e. The van der Waals surface area contributed by atoms with E-state index in [0.717, 1.165) is 11.3 Å². The summed E-state index contributed by atoms with van der Waals surface area (Å²) in [5, 5.41) is 1.18. The summed E-state index contributed by atoms with van der Waals surface area (Å²) < 4.78 is 5.37. The van der Waals surface area contributed by atoms with Gasteiger partial charge >= 0.3 is 0 Å². The number of fused-ring (bicyclic) bond motifs is 1. The third kappa shape index (κ3) is 2.62. The topological polar surface area (TPSA) is 13.1 Å². The monoisotopic (exact) mass is 176 g/mol. The van der Waals surface area contributed by atoms with Gasteiger partial charge in [0.05, 0.1) is 0 Å². The maximum absolute atomic E-state index is 5.37. The summed E-state index contributed by atoms with van der Waals surface area (Å²) in [7, 11) is 0. The Balaban J connectivity index is 0.000000251. The van der Waals surface area contributed by atoms with Gasteiger partial charge in [-0.3, -0.25) is 0 Å². The predicted octanol–water partition coefficient (Wildman–Crippen LogP) is 4.16. The van der Waals surface area contributed by atoms with Crippen LogP contribution in [0.3, 0.4) is 0 Å². The zero-order valence-corrected chi connectivity index (χ0v) is 8.50. The molecule has 1 aromatic carbocycles. The molecule has 13 heavy (non-hydrogen) atoms. The fourth-order valence-corrected chi connectivity index (χ4v) is 1.11. The standard InChI is InChI=1S/C9H8O.C3H8/c1-7-6-8-4-2-3-5-9(8)10-7;1-3-2/h2-6H,1H3;3H2,1-2H3. The molecule has 0 fully saturated rings. The summed E-state index contributed by atoms with van der Waals surface area (Å²) in [5.74, 6) is 0.973. The quantitative estimate of drug-likeness (QED) is 0.587. The van der Waals surface area contributed by atoms with Crippen LogP contribution < -0.4 is 0 Å². The van der Waals surface area contributed by atoms with Crippen molar-refractivity contribution in [2.45, 2.75) is 27.2 Å². The molecular formula is C12H16O. The van der Waals surface area contributed by atoms with E-state index in [1.54, 1.807) is 0 Å². The van der Waals surface area contributed by atoms with Gasteiger partial charge in [0.25, 0.3) is 0 Å². The van der Waals surface area contributed by atoms with Gasteiger partial charge in [-0.25, -0.2) is 0 Å². The van der Waals surface area contributed by atoms with E-state index in [9.17, 15) is 0 Å². The van der Waals surface area contributed by atoms with Crippen molar-refractivity contribution in [2.75, 3.05) is 0 Å². The molecule has 1 heteroatoms. The summed E-state index contributed by atoms with van der Waals surface area (Å²) in [6.45, 7) is 6.21. The number of hydrogen-bond acceptors (Lipinski definition) is 1. The van der Waals surface area contributed by atoms with Gasteiger partial charge in [0.1, 0.15) is 11.3 Å². The number of benzene rings is 1. The molecule has 1 nitrogen and oxygen atoms in total. The molecule has 0 saturated carbocycles. The van der Waals surface area contributed by atoms with E-state index in [1.165, 1.54) is 11.8 Å². The van der Waals surface area contributed by atoms with Crippen molar-refractivity contribution < 1.29 is 4.42 Å². The first-order chi connectivity index (χ1) is 6.27. The Morgan fingerprint density at radius 3 is 2.38 bits per heavy atom. The van der Waals surface area contributed by atoms with Gasteiger partial charge in [-0.2, -0.15) is 0 Å². The van der Waals surface area contributed by atoms with Crippen molar-refractivity contribution >= 4 is 11.0 Å². The Morgan fingerprint density at radius 2 is 1.77 bits per heavy atom. The van der Waals surface area contributed by atoms with Crippen LogP contribution in [0.15, 0.2) is 34.7 Å². The second kappa shape index (κ2) is 4.70. The Kier molecular flexibility index (Phi) is 3.56. The average Bonchev–Trinajstić information content (AvgIpc) is 2.45. The predicted molar refractivity (Wildman–Crippen MR) is 56.9 cm³/mol. The number of para-hydroxylation sites is 1. The van der Waals surface area contributed by atoms with Crippen LogP contribution in [0.5, 0.6) is 0 Å². The Morgan fingerprint density at radius 1 is 1.15 bits per heavy atom. The fourth-order valence-electron chi connectivity index (χ4n) is 1.11. The fraction of sp³-hybridized carbons (Fsp3) is 0.333. The van der Waals surface area contributed by atoms with Crippen LogP contribution in [-0.2, 0) is 0 Å². The molecule has 0 aliphatic carbocycles. The van der Waals surface area contributed by atoms with E-state index < -0.39 is 0 Å². The van der Waals surface area contributed by atoms with Gasteiger partial charge in [0.2, 0.25) is 0 Å². The number of aryl methyl sites for hydroxylation is 1. The number of rotatable bonds is 0. The van der Waals surface area contributed by atoms with E-state index in [4.69, 9.17) is 4.42 Å². The molecule has 0 unspecified atom stereocenters. The SMILES string of the molecule is CCC.Cc1cc2ccccc2o1. The van der Waals surface area contributed by atoms with Gasteiger partial charge in [0.15, 0.2) is 0 Å². The first-order valence-corrected chi connectivity index (χ1v) is 4.73. The molecule has 2 aromatic rings. The van der Waals surface area contributed by atoms with Gasteiger partial charge in [-0.1, -0.05) is 38.5 Å². The van der Waals surface area contributed by atoms with Crippen molar-refractivity contribution in [3.8, 4) is 0 Å². The van der Waals surface area contributed by atoms with Gasteiger partial charge < -0.3 is 4.42 Å². The van der Waals surface area contributed by atoms with Crippen LogP contribution in [0.1, 0.15) is 26.0 Å². The number of furan rings is 1. The van der Waals surface area contributed by atoms with Crippen LogP contribution >= 0.6 is 0 Å². The molecule has 0 saturated heterocycles. The van der Waals surface area contributed by atoms with E-state index >= 15 is 0 Å². The van der Waals surface area contributed by atoms with Gasteiger partial charge in [-0.05, 0) is 19.1 Å². The maximum atomic E-state index is 5.37. The van der Waals surface area contributed by atoms with Crippen molar-refractivity contribution in [3.63, 3.8) is 0 Å². The lowest BCUT2D eigenvalue weighted by Gasteiger charge is -1.82. The van der Waals surface area contributed by atoms with Crippen LogP contribution in [-0.4, -0.2) is 0 Å².